The summed E-state index contributed by atoms with van der Waals surface area (Å²) < 4.78 is 5.46. The van der Waals surface area contributed by atoms with E-state index >= 15 is 0 Å². The summed E-state index contributed by atoms with van der Waals surface area (Å²) in [7, 11) is 0. The van der Waals surface area contributed by atoms with Crippen LogP contribution in [0.2, 0.25) is 5.02 Å². The molecule has 1 N–H and O–H groups in total. The summed E-state index contributed by atoms with van der Waals surface area (Å²) in [6, 6.07) is 16.0. The van der Waals surface area contributed by atoms with E-state index in [0.29, 0.717) is 22.3 Å². The maximum Gasteiger partial charge on any atom is 0.251 e. The molecule has 2 aromatic carbocycles. The molecule has 0 radical (unpaired) electrons. The molecule has 0 aliphatic carbocycles. The van der Waals surface area contributed by atoms with Crippen molar-refractivity contribution >= 4 is 17.5 Å². The Labute approximate surface area is 157 Å². The zero-order chi connectivity index (χ0) is 18.5. The lowest BCUT2D eigenvalue weighted by atomic mass is 9.98. The normalized spacial score (nSPS) is 13.2. The Morgan fingerprint density at radius 2 is 1.96 bits per heavy atom. The van der Waals surface area contributed by atoms with Crippen LogP contribution in [0.25, 0.3) is 11.4 Å². The highest BCUT2D eigenvalue weighted by Gasteiger charge is 2.26. The molecule has 2 atom stereocenters. The Morgan fingerprint density at radius 3 is 2.65 bits per heavy atom. The molecule has 6 heteroatoms. The van der Waals surface area contributed by atoms with Crippen LogP contribution in [0.4, 0.5) is 0 Å². The second-order valence-electron chi connectivity index (χ2n) is 6.17. The number of aromatic nitrogens is 2. The second kappa shape index (κ2) is 8.15. The van der Waals surface area contributed by atoms with Gasteiger partial charge in [0.25, 0.3) is 5.91 Å². The fourth-order valence-corrected chi connectivity index (χ4v) is 2.79. The molecule has 0 spiro atoms. The van der Waals surface area contributed by atoms with Crippen LogP contribution >= 0.6 is 11.6 Å². The number of rotatable bonds is 6. The molecule has 134 valence electrons. The molecule has 0 aliphatic heterocycles. The summed E-state index contributed by atoms with van der Waals surface area (Å²) >= 11 is 6.03. The Kier molecular flexibility index (Phi) is 5.68. The Hall–Kier alpha value is -2.66. The van der Waals surface area contributed by atoms with Gasteiger partial charge in [-0.25, -0.2) is 0 Å². The van der Waals surface area contributed by atoms with Crippen molar-refractivity contribution in [1.82, 2.24) is 15.5 Å². The van der Waals surface area contributed by atoms with E-state index in [1.165, 1.54) is 0 Å². The first-order chi connectivity index (χ1) is 12.6. The van der Waals surface area contributed by atoms with E-state index in [9.17, 15) is 4.79 Å². The number of halogens is 1. The molecule has 0 fully saturated rings. The van der Waals surface area contributed by atoms with Gasteiger partial charge in [-0.2, -0.15) is 4.98 Å². The van der Waals surface area contributed by atoms with Gasteiger partial charge in [-0.15, -0.1) is 0 Å². The molecular formula is C20H20ClN3O2. The Balaban J connectivity index is 1.86. The van der Waals surface area contributed by atoms with Gasteiger partial charge in [0, 0.05) is 16.1 Å². The molecule has 5 nitrogen and oxygen atoms in total. The molecule has 0 aliphatic rings. The van der Waals surface area contributed by atoms with Crippen molar-refractivity contribution in [2.24, 2.45) is 5.92 Å². The molecule has 1 heterocycles. The van der Waals surface area contributed by atoms with Gasteiger partial charge in [0.1, 0.15) is 6.04 Å². The topological polar surface area (TPSA) is 68.0 Å². The van der Waals surface area contributed by atoms with Crippen molar-refractivity contribution in [2.75, 3.05) is 0 Å². The van der Waals surface area contributed by atoms with E-state index in [1.807, 2.05) is 37.3 Å². The largest absolute Gasteiger partial charge is 0.340 e. The monoisotopic (exact) mass is 369 g/mol. The lowest BCUT2D eigenvalue weighted by Gasteiger charge is -2.20. The summed E-state index contributed by atoms with van der Waals surface area (Å²) in [5, 5.41) is 7.67. The van der Waals surface area contributed by atoms with Crippen LogP contribution in [0.5, 0.6) is 0 Å². The summed E-state index contributed by atoms with van der Waals surface area (Å²) in [6.45, 7) is 4.10. The molecule has 1 amide bonds. The first-order valence-corrected chi connectivity index (χ1v) is 8.91. The van der Waals surface area contributed by atoms with Gasteiger partial charge >= 0.3 is 0 Å². The lowest BCUT2D eigenvalue weighted by Crippen LogP contribution is -2.32. The summed E-state index contributed by atoms with van der Waals surface area (Å²) in [5.41, 5.74) is 1.36. The van der Waals surface area contributed by atoms with Crippen molar-refractivity contribution in [1.29, 1.82) is 0 Å². The predicted octanol–water partition coefficient (Wildman–Crippen LogP) is 4.91. The molecule has 26 heavy (non-hydrogen) atoms. The van der Waals surface area contributed by atoms with Gasteiger partial charge in [-0.1, -0.05) is 67.4 Å². The van der Waals surface area contributed by atoms with Crippen LogP contribution < -0.4 is 5.32 Å². The molecule has 0 saturated heterocycles. The average Bonchev–Trinajstić information content (AvgIpc) is 3.16. The molecule has 0 bridgehead atoms. The third-order valence-corrected chi connectivity index (χ3v) is 4.56. The molecule has 3 aromatic rings. The quantitative estimate of drug-likeness (QED) is 0.670. The number of hydrogen-bond acceptors (Lipinski definition) is 4. The van der Waals surface area contributed by atoms with E-state index in [2.05, 4.69) is 22.4 Å². The minimum Gasteiger partial charge on any atom is -0.340 e. The highest BCUT2D eigenvalue weighted by molar-refractivity contribution is 6.30. The predicted molar refractivity (Wildman–Crippen MR) is 101 cm³/mol. The minimum atomic E-state index is -0.367. The number of carbonyl (C=O) groups excluding carboxylic acids is 1. The number of amides is 1. The van der Waals surface area contributed by atoms with Crippen molar-refractivity contribution in [3.05, 3.63) is 71.1 Å². The molecule has 1 aromatic heterocycles. The number of hydrogen-bond donors (Lipinski definition) is 1. The smallest absolute Gasteiger partial charge is 0.251 e. The van der Waals surface area contributed by atoms with Crippen LogP contribution in [-0.2, 0) is 0 Å². The minimum absolute atomic E-state index is 0.135. The first-order valence-electron chi connectivity index (χ1n) is 8.54. The zero-order valence-electron chi connectivity index (χ0n) is 14.6. The second-order valence-corrected chi connectivity index (χ2v) is 6.61. The maximum absolute atomic E-state index is 12.6. The first kappa shape index (κ1) is 18.1. The molecule has 3 rings (SSSR count). The van der Waals surface area contributed by atoms with Crippen LogP contribution in [0, 0.1) is 5.92 Å². The average molecular weight is 370 g/mol. The van der Waals surface area contributed by atoms with Gasteiger partial charge in [-0.05, 0) is 30.2 Å². The Bertz CT molecular complexity index is 880. The highest BCUT2D eigenvalue weighted by atomic mass is 35.5. The molecule has 0 unspecified atom stereocenters. The molecular weight excluding hydrogens is 350 g/mol. The van der Waals surface area contributed by atoms with Crippen molar-refractivity contribution in [3.63, 3.8) is 0 Å². The zero-order valence-corrected chi connectivity index (χ0v) is 15.4. The van der Waals surface area contributed by atoms with Crippen LogP contribution in [-0.4, -0.2) is 16.0 Å². The van der Waals surface area contributed by atoms with Crippen LogP contribution in [0.3, 0.4) is 0 Å². The van der Waals surface area contributed by atoms with Gasteiger partial charge in [0.2, 0.25) is 11.7 Å². The van der Waals surface area contributed by atoms with E-state index in [4.69, 9.17) is 16.1 Å². The van der Waals surface area contributed by atoms with Crippen molar-refractivity contribution < 1.29 is 9.32 Å². The van der Waals surface area contributed by atoms with Crippen molar-refractivity contribution in [3.8, 4) is 11.4 Å². The van der Waals surface area contributed by atoms with E-state index in [0.717, 1.165) is 12.0 Å². The third-order valence-electron chi connectivity index (χ3n) is 4.33. The summed E-state index contributed by atoms with van der Waals surface area (Å²) in [6.07, 6.45) is 0.856. The number of nitrogens with zero attached hydrogens (tertiary/aromatic N) is 2. The molecule has 0 saturated carbocycles. The highest BCUT2D eigenvalue weighted by Crippen LogP contribution is 2.27. The fourth-order valence-electron chi connectivity index (χ4n) is 2.60. The number of nitrogens with one attached hydrogen (secondary N) is 1. The van der Waals surface area contributed by atoms with Gasteiger partial charge in [-0.3, -0.25) is 4.79 Å². The van der Waals surface area contributed by atoms with E-state index in [-0.39, 0.29) is 17.9 Å². The standard InChI is InChI=1S/C20H20ClN3O2/c1-3-13(2)17(22-19(25)14-8-5-4-6-9-14)20-23-18(24-26-20)15-10-7-11-16(21)12-15/h4-13,17H,3H2,1-2H3,(H,22,25)/t13-,17+/m1/s1. The summed E-state index contributed by atoms with van der Waals surface area (Å²) in [4.78, 5) is 17.0. The van der Waals surface area contributed by atoms with Gasteiger partial charge < -0.3 is 9.84 Å². The van der Waals surface area contributed by atoms with Gasteiger partial charge in [0.15, 0.2) is 0 Å². The lowest BCUT2D eigenvalue weighted by molar-refractivity contribution is 0.0910. The summed E-state index contributed by atoms with van der Waals surface area (Å²) in [5.74, 6) is 0.803. The van der Waals surface area contributed by atoms with Crippen LogP contribution in [0.1, 0.15) is 42.6 Å². The van der Waals surface area contributed by atoms with E-state index < -0.39 is 0 Å². The number of carbonyl (C=O) groups is 1. The fraction of sp³-hybridized carbons (Fsp3) is 0.250. The van der Waals surface area contributed by atoms with Crippen LogP contribution in [0.15, 0.2) is 59.1 Å². The number of benzene rings is 2. The van der Waals surface area contributed by atoms with Crippen molar-refractivity contribution in [2.45, 2.75) is 26.3 Å². The Morgan fingerprint density at radius 1 is 1.19 bits per heavy atom. The SMILES string of the molecule is CC[C@@H](C)[C@H](NC(=O)c1ccccc1)c1nc(-c2cccc(Cl)c2)no1. The maximum atomic E-state index is 12.6. The van der Waals surface area contributed by atoms with Gasteiger partial charge in [0.05, 0.1) is 0 Å². The third kappa shape index (κ3) is 4.11. The van der Waals surface area contributed by atoms with E-state index in [1.54, 1.807) is 24.3 Å².